The maximum atomic E-state index is 12.8. The third-order valence-electron chi connectivity index (χ3n) is 10.9. The molecular weight excluding hydrogens is 781 g/mol. The molecule has 0 aliphatic heterocycles. The Kier molecular flexibility index (Phi) is 48.5. The van der Waals surface area contributed by atoms with Crippen LogP contribution in [0, 0.1) is 0 Å². The van der Waals surface area contributed by atoms with Gasteiger partial charge in [0.2, 0.25) is 0 Å². The predicted octanol–water partition coefficient (Wildman–Crippen LogP) is 17.2. The van der Waals surface area contributed by atoms with Crippen LogP contribution in [0.25, 0.3) is 0 Å². The van der Waals surface area contributed by atoms with Crippen molar-refractivity contribution >= 4 is 17.9 Å². The second-order valence-corrected chi connectivity index (χ2v) is 17.1. The maximum Gasteiger partial charge on any atom is 0.306 e. The molecule has 0 aliphatic rings. The summed E-state index contributed by atoms with van der Waals surface area (Å²) in [5.41, 5.74) is 0. The topological polar surface area (TPSA) is 78.9 Å². The molecule has 0 saturated carbocycles. The van der Waals surface area contributed by atoms with Crippen molar-refractivity contribution < 1.29 is 28.6 Å². The summed E-state index contributed by atoms with van der Waals surface area (Å²) in [7, 11) is 0. The van der Waals surface area contributed by atoms with Crippen molar-refractivity contribution in [2.45, 2.75) is 245 Å². The monoisotopic (exact) mass is 877 g/mol. The smallest absolute Gasteiger partial charge is 0.306 e. The van der Waals surface area contributed by atoms with Gasteiger partial charge < -0.3 is 14.2 Å². The second kappa shape index (κ2) is 51.2. The summed E-state index contributed by atoms with van der Waals surface area (Å²) >= 11 is 0. The number of carbonyl (C=O) groups excluding carboxylic acids is 3. The molecule has 6 heteroatoms. The molecule has 0 amide bonds. The zero-order valence-electron chi connectivity index (χ0n) is 41.1. The van der Waals surface area contributed by atoms with Gasteiger partial charge in [-0.2, -0.15) is 0 Å². The van der Waals surface area contributed by atoms with Gasteiger partial charge in [-0.25, -0.2) is 0 Å². The standard InChI is InChI=1S/C57H96O6/c1-4-7-10-13-16-19-22-25-27-29-31-32-35-38-41-44-47-50-56(59)62-53-54(52-61-55(58)49-46-43-40-37-34-24-21-18-15-12-9-6-3)63-57(60)51-48-45-42-39-36-33-30-28-26-23-20-17-14-11-8-5-2/h8,11,16-17,19-20,25-28,33,36,42,45,54H,4-7,9-10,12-15,18,21-24,29-32,34-35,37-41,43-44,46-53H2,1-3H3/b11-8-,19-16-,20-17-,27-25-,28-26-,36-33-,45-42-. The predicted molar refractivity (Wildman–Crippen MR) is 270 cm³/mol. The third-order valence-corrected chi connectivity index (χ3v) is 10.9. The zero-order valence-corrected chi connectivity index (χ0v) is 41.1. The minimum Gasteiger partial charge on any atom is -0.462 e. The van der Waals surface area contributed by atoms with Gasteiger partial charge in [-0.1, -0.05) is 221 Å². The van der Waals surface area contributed by atoms with Crippen molar-refractivity contribution in [3.8, 4) is 0 Å². The molecule has 0 fully saturated rings. The lowest BCUT2D eigenvalue weighted by molar-refractivity contribution is -0.166. The van der Waals surface area contributed by atoms with E-state index in [1.165, 1.54) is 109 Å². The van der Waals surface area contributed by atoms with E-state index in [2.05, 4.69) is 93.7 Å². The number of allylic oxidation sites excluding steroid dienone is 14. The van der Waals surface area contributed by atoms with E-state index in [0.717, 1.165) is 83.5 Å². The van der Waals surface area contributed by atoms with Crippen molar-refractivity contribution in [1.82, 2.24) is 0 Å². The minimum absolute atomic E-state index is 0.107. The highest BCUT2D eigenvalue weighted by molar-refractivity contribution is 5.71. The Bertz CT molecular complexity index is 1240. The first-order valence-corrected chi connectivity index (χ1v) is 26.1. The van der Waals surface area contributed by atoms with Crippen LogP contribution in [-0.4, -0.2) is 37.2 Å². The van der Waals surface area contributed by atoms with Gasteiger partial charge in [-0.3, -0.25) is 14.4 Å². The number of unbranched alkanes of at least 4 members (excludes halogenated alkanes) is 21. The molecule has 0 spiro atoms. The van der Waals surface area contributed by atoms with Crippen molar-refractivity contribution in [2.24, 2.45) is 0 Å². The first-order valence-electron chi connectivity index (χ1n) is 26.1. The van der Waals surface area contributed by atoms with E-state index in [4.69, 9.17) is 14.2 Å². The Hall–Kier alpha value is -3.41. The number of carbonyl (C=O) groups is 3. The highest BCUT2D eigenvalue weighted by Crippen LogP contribution is 2.14. The molecule has 0 aliphatic carbocycles. The lowest BCUT2D eigenvalue weighted by atomic mass is 10.0. The summed E-state index contributed by atoms with van der Waals surface area (Å²) in [6, 6.07) is 0. The third kappa shape index (κ3) is 49.5. The van der Waals surface area contributed by atoms with Crippen LogP contribution in [0.4, 0.5) is 0 Å². The first-order chi connectivity index (χ1) is 31.0. The number of hydrogen-bond acceptors (Lipinski definition) is 6. The van der Waals surface area contributed by atoms with Crippen molar-refractivity contribution in [3.05, 3.63) is 85.1 Å². The molecule has 1 atom stereocenters. The lowest BCUT2D eigenvalue weighted by Crippen LogP contribution is -2.30. The van der Waals surface area contributed by atoms with Crippen LogP contribution in [0.2, 0.25) is 0 Å². The van der Waals surface area contributed by atoms with E-state index in [9.17, 15) is 14.4 Å². The lowest BCUT2D eigenvalue weighted by Gasteiger charge is -2.18. The molecule has 0 aromatic carbocycles. The fourth-order valence-corrected chi connectivity index (χ4v) is 6.99. The summed E-state index contributed by atoms with van der Waals surface area (Å²) < 4.78 is 16.7. The van der Waals surface area contributed by atoms with Gasteiger partial charge >= 0.3 is 17.9 Å². The molecule has 0 rings (SSSR count). The molecule has 63 heavy (non-hydrogen) atoms. The molecule has 6 nitrogen and oxygen atoms in total. The van der Waals surface area contributed by atoms with Crippen molar-refractivity contribution in [3.63, 3.8) is 0 Å². The summed E-state index contributed by atoms with van der Waals surface area (Å²) in [4.78, 5) is 37.9. The average molecular weight is 877 g/mol. The van der Waals surface area contributed by atoms with Gasteiger partial charge in [0.05, 0.1) is 0 Å². The van der Waals surface area contributed by atoms with E-state index in [-0.39, 0.29) is 31.6 Å². The van der Waals surface area contributed by atoms with Gasteiger partial charge in [0.15, 0.2) is 6.10 Å². The first kappa shape index (κ1) is 59.6. The van der Waals surface area contributed by atoms with Crippen LogP contribution in [0.5, 0.6) is 0 Å². The van der Waals surface area contributed by atoms with Crippen LogP contribution >= 0.6 is 0 Å². The molecule has 0 aromatic heterocycles. The SMILES string of the molecule is CC/C=C\C/C=C\C/C=C\C/C=C\C/C=C\CCC(=O)OC(COC(=O)CCCCCCCCC/C=C\C/C=C\CCCCC)COC(=O)CCCCCCCCCCCCCC. The van der Waals surface area contributed by atoms with Crippen molar-refractivity contribution in [2.75, 3.05) is 13.2 Å². The highest BCUT2D eigenvalue weighted by Gasteiger charge is 2.19. The summed E-state index contributed by atoms with van der Waals surface area (Å²) in [6.07, 6.45) is 65.7. The molecular formula is C57H96O6. The van der Waals surface area contributed by atoms with Crippen LogP contribution in [-0.2, 0) is 28.6 Å². The number of ether oxygens (including phenoxy) is 3. The second-order valence-electron chi connectivity index (χ2n) is 17.1. The molecule has 360 valence electrons. The van der Waals surface area contributed by atoms with Gasteiger partial charge in [-0.05, 0) is 83.5 Å². The van der Waals surface area contributed by atoms with E-state index in [1.54, 1.807) is 0 Å². The minimum atomic E-state index is -0.817. The van der Waals surface area contributed by atoms with Crippen LogP contribution < -0.4 is 0 Å². The molecule has 1 unspecified atom stereocenters. The van der Waals surface area contributed by atoms with Crippen molar-refractivity contribution in [1.29, 1.82) is 0 Å². The fourth-order valence-electron chi connectivity index (χ4n) is 6.99. The Morgan fingerprint density at radius 3 is 1.06 bits per heavy atom. The normalized spacial score (nSPS) is 12.7. The summed E-state index contributed by atoms with van der Waals surface area (Å²) in [5, 5.41) is 0. The maximum absolute atomic E-state index is 12.8. The number of esters is 3. The molecule has 0 bridgehead atoms. The Morgan fingerprint density at radius 2 is 0.651 bits per heavy atom. The Morgan fingerprint density at radius 1 is 0.333 bits per heavy atom. The van der Waals surface area contributed by atoms with Crippen LogP contribution in [0.3, 0.4) is 0 Å². The number of rotatable bonds is 46. The highest BCUT2D eigenvalue weighted by atomic mass is 16.6. The van der Waals surface area contributed by atoms with Gasteiger partial charge in [-0.15, -0.1) is 0 Å². The molecule has 0 N–H and O–H groups in total. The van der Waals surface area contributed by atoms with Crippen LogP contribution in [0.15, 0.2) is 85.1 Å². The van der Waals surface area contributed by atoms with E-state index in [0.29, 0.717) is 19.3 Å². The molecule has 0 heterocycles. The van der Waals surface area contributed by atoms with E-state index >= 15 is 0 Å². The molecule has 0 saturated heterocycles. The largest absolute Gasteiger partial charge is 0.462 e. The van der Waals surface area contributed by atoms with Crippen LogP contribution in [0.1, 0.15) is 239 Å². The summed E-state index contributed by atoms with van der Waals surface area (Å²) in [5.74, 6) is -0.999. The zero-order chi connectivity index (χ0) is 45.8. The van der Waals surface area contributed by atoms with E-state index < -0.39 is 12.1 Å². The van der Waals surface area contributed by atoms with Gasteiger partial charge in [0.25, 0.3) is 0 Å². The van der Waals surface area contributed by atoms with E-state index in [1.807, 2.05) is 12.2 Å². The fraction of sp³-hybridized carbons (Fsp3) is 0.702. The summed E-state index contributed by atoms with van der Waals surface area (Å²) in [6.45, 7) is 6.43. The number of hydrogen-bond donors (Lipinski definition) is 0. The Balaban J connectivity index is 4.49. The molecule has 0 radical (unpaired) electrons. The average Bonchev–Trinajstić information content (AvgIpc) is 3.28. The Labute approximate surface area is 388 Å². The quantitative estimate of drug-likeness (QED) is 0.0262. The molecule has 0 aromatic rings. The van der Waals surface area contributed by atoms with Gasteiger partial charge in [0, 0.05) is 19.3 Å². The van der Waals surface area contributed by atoms with Gasteiger partial charge in [0.1, 0.15) is 13.2 Å².